The average molecular weight is 1170 g/mol. The number of hydrogen-bond acceptors (Lipinski definition) is 18. The summed E-state index contributed by atoms with van der Waals surface area (Å²) in [5.41, 5.74) is 11.1. The smallest absolute Gasteiger partial charge is 0.326 e. The molecule has 2 aliphatic heterocycles. The van der Waals surface area contributed by atoms with Crippen molar-refractivity contribution in [2.24, 2.45) is 11.5 Å². The Morgan fingerprint density at radius 2 is 0.646 bits per heavy atom. The third kappa shape index (κ3) is 26.1. The molecule has 0 aromatic carbocycles. The molecule has 0 radical (unpaired) electrons. The van der Waals surface area contributed by atoms with Crippen LogP contribution in [0.5, 0.6) is 0 Å². The Morgan fingerprint density at radius 3 is 0.915 bits per heavy atom. The number of amides is 10. The van der Waals surface area contributed by atoms with Gasteiger partial charge in [0.05, 0.1) is 12.8 Å². The summed E-state index contributed by atoms with van der Waals surface area (Å²) in [6, 6.07) is -16.5. The van der Waals surface area contributed by atoms with Gasteiger partial charge in [-0.25, -0.2) is 9.59 Å². The molecule has 0 spiro atoms. The summed E-state index contributed by atoms with van der Waals surface area (Å²) in [4.78, 5) is 204. The Bertz CT molecular complexity index is 2200. The molecule has 0 aliphatic carbocycles. The minimum Gasteiger partial charge on any atom is -0.481 e. The molecule has 0 aromatic heterocycles. The molecule has 2 fully saturated rings. The van der Waals surface area contributed by atoms with Gasteiger partial charge < -0.3 is 95.3 Å². The highest BCUT2D eigenvalue weighted by atomic mass is 16.4. The molecule has 10 atom stereocenters. The third-order valence-electron chi connectivity index (χ3n) is 12.8. The Balaban J connectivity index is 2.52. The van der Waals surface area contributed by atoms with Gasteiger partial charge in [0.2, 0.25) is 59.1 Å². The lowest BCUT2D eigenvalue weighted by Gasteiger charge is -2.27. The zero-order valence-electron chi connectivity index (χ0n) is 44.7. The van der Waals surface area contributed by atoms with Crippen LogP contribution in [0.15, 0.2) is 0 Å². The second-order valence-electron chi connectivity index (χ2n) is 19.4. The van der Waals surface area contributed by atoms with E-state index in [1.165, 1.54) is 0 Å². The van der Waals surface area contributed by atoms with E-state index in [0.717, 1.165) is 0 Å². The Kier molecular flexibility index (Phi) is 30.5. The van der Waals surface area contributed by atoms with Gasteiger partial charge in [0, 0.05) is 25.7 Å². The van der Waals surface area contributed by atoms with Gasteiger partial charge in [0.1, 0.15) is 60.4 Å². The standard InChI is InChI=1S/C48H74N12O22/c49-19-5-3-9-29(47(79)80)57-39(71)23(53-45(77)31(21-37(67)68)59-43(75)27(13-17-35(63)64)55-41(73)25-11-15-33(61)51-25)7-1-2-8-24(40(72)58-30(48(81)82)10-4-6-20-50)54-46(78)32(22-38(69)70)60-44(76)28(14-18-36(65)66)56-42(74)26-12-16-34(62)52-26/h23-32H,1-22,49-50H2,(H,51,61)(H,52,62)(H,53,77)(H,54,78)(H,55,73)(H,56,74)(H,57,71)(H,58,72)(H,59,75)(H,60,76)(H,63,64)(H,65,66)(H,67,68)(H,69,70)(H,79,80)(H,81,82)/t23?,24?,25-,26-,27-,28-,29-,30-,31-,32-/m0/s1. The van der Waals surface area contributed by atoms with E-state index in [4.69, 9.17) is 11.5 Å². The number of carboxylic acid groups (broad SMARTS) is 6. The Morgan fingerprint density at radius 1 is 0.378 bits per heavy atom. The summed E-state index contributed by atoms with van der Waals surface area (Å²) in [6.45, 7) is 0.316. The zero-order chi connectivity index (χ0) is 61.6. The number of nitrogens with two attached hydrogens (primary N) is 2. The molecule has 34 heteroatoms. The topological polar surface area (TPSA) is 567 Å². The van der Waals surface area contributed by atoms with Gasteiger partial charge in [-0.3, -0.25) is 67.1 Å². The van der Waals surface area contributed by atoms with E-state index in [0.29, 0.717) is 12.8 Å². The first-order valence-electron chi connectivity index (χ1n) is 26.4. The van der Waals surface area contributed by atoms with Crippen molar-refractivity contribution < 1.29 is 107 Å². The highest BCUT2D eigenvalue weighted by Gasteiger charge is 2.37. The van der Waals surface area contributed by atoms with Gasteiger partial charge in [-0.2, -0.15) is 0 Å². The van der Waals surface area contributed by atoms with E-state index < -0.39 is 207 Å². The van der Waals surface area contributed by atoms with E-state index in [1.54, 1.807) is 0 Å². The van der Waals surface area contributed by atoms with E-state index in [1.807, 2.05) is 0 Å². The van der Waals surface area contributed by atoms with Crippen LogP contribution in [0.3, 0.4) is 0 Å². The first kappa shape index (κ1) is 69.5. The Labute approximate surface area is 467 Å². The predicted octanol–water partition coefficient (Wildman–Crippen LogP) is -5.91. The van der Waals surface area contributed by atoms with E-state index >= 15 is 0 Å². The SMILES string of the molecule is NCCCC[C@H](NC(=O)C(CCCCC(NC(=O)[C@H](CC(=O)O)NC(=O)[C@H](CCC(=O)O)NC(=O)[C@@H]1CCC(=O)N1)C(=O)N[C@@H](CCCCN)C(=O)O)NC(=O)[C@H](CC(=O)O)NC(=O)[C@H](CCC(=O)O)NC(=O)[C@@H]1CCC(=O)N1)C(=O)O. The van der Waals surface area contributed by atoms with Crippen molar-refractivity contribution in [3.8, 4) is 0 Å². The zero-order valence-corrected chi connectivity index (χ0v) is 44.7. The number of rotatable bonds is 41. The van der Waals surface area contributed by atoms with E-state index in [2.05, 4.69) is 53.2 Å². The van der Waals surface area contributed by atoms with Crippen LogP contribution in [0.2, 0.25) is 0 Å². The summed E-state index contributed by atoms with van der Waals surface area (Å²) in [7, 11) is 0. The molecule has 2 unspecified atom stereocenters. The molecule has 2 heterocycles. The summed E-state index contributed by atoms with van der Waals surface area (Å²) in [5.74, 6) is -19.6. The number of hydrogen-bond donors (Lipinski definition) is 18. The third-order valence-corrected chi connectivity index (χ3v) is 12.8. The van der Waals surface area contributed by atoms with Crippen molar-refractivity contribution in [3.63, 3.8) is 0 Å². The second-order valence-corrected chi connectivity index (χ2v) is 19.4. The average Bonchev–Trinajstić information content (AvgIpc) is 4.12. The van der Waals surface area contributed by atoms with Crippen molar-refractivity contribution in [3.05, 3.63) is 0 Å². The lowest BCUT2D eigenvalue weighted by atomic mass is 10.0. The first-order valence-corrected chi connectivity index (χ1v) is 26.4. The van der Waals surface area contributed by atoms with Crippen LogP contribution in [0.4, 0.5) is 0 Å². The lowest BCUT2D eigenvalue weighted by molar-refractivity contribution is -0.143. The molecule has 20 N–H and O–H groups in total. The van der Waals surface area contributed by atoms with Gasteiger partial charge >= 0.3 is 35.8 Å². The van der Waals surface area contributed by atoms with Crippen LogP contribution in [-0.2, 0) is 76.7 Å². The maximum atomic E-state index is 14.0. The van der Waals surface area contributed by atoms with Crippen LogP contribution in [0.1, 0.15) is 128 Å². The maximum Gasteiger partial charge on any atom is 0.326 e. The molecule has 2 aliphatic rings. The highest BCUT2D eigenvalue weighted by Crippen LogP contribution is 2.14. The maximum absolute atomic E-state index is 14.0. The lowest BCUT2D eigenvalue weighted by Crippen LogP contribution is -2.59. The molecule has 0 aromatic rings. The van der Waals surface area contributed by atoms with Gasteiger partial charge in [0.15, 0.2) is 0 Å². The fourth-order valence-electron chi connectivity index (χ4n) is 8.38. The number of nitrogens with one attached hydrogen (secondary N) is 10. The van der Waals surface area contributed by atoms with Crippen LogP contribution in [0.25, 0.3) is 0 Å². The summed E-state index contributed by atoms with van der Waals surface area (Å²) in [5, 5.41) is 80.6. The van der Waals surface area contributed by atoms with Crippen molar-refractivity contribution >= 4 is 94.9 Å². The van der Waals surface area contributed by atoms with E-state index in [-0.39, 0.29) is 77.3 Å². The fourth-order valence-corrected chi connectivity index (χ4v) is 8.38. The normalized spacial score (nSPS) is 17.4. The number of unbranched alkanes of at least 4 members (excludes halogenated alkanes) is 3. The second kappa shape index (κ2) is 35.9. The van der Waals surface area contributed by atoms with E-state index in [9.17, 15) is 107 Å². The monoisotopic (exact) mass is 1170 g/mol. The summed E-state index contributed by atoms with van der Waals surface area (Å²) >= 11 is 0. The van der Waals surface area contributed by atoms with Crippen molar-refractivity contribution in [2.45, 2.75) is 189 Å². The Hall–Kier alpha value is -8.56. The van der Waals surface area contributed by atoms with Crippen LogP contribution in [-0.4, -0.2) is 199 Å². The quantitative estimate of drug-likeness (QED) is 0.0254. The minimum atomic E-state index is -2.07. The van der Waals surface area contributed by atoms with Crippen LogP contribution >= 0.6 is 0 Å². The summed E-state index contributed by atoms with van der Waals surface area (Å²) < 4.78 is 0. The van der Waals surface area contributed by atoms with Gasteiger partial charge in [-0.1, -0.05) is 12.8 Å². The minimum absolute atomic E-state index is 0.0188. The molecule has 34 nitrogen and oxygen atoms in total. The molecule has 2 rings (SSSR count). The van der Waals surface area contributed by atoms with Crippen LogP contribution < -0.4 is 64.6 Å². The fraction of sp³-hybridized carbons (Fsp3) is 0.667. The number of carboxylic acids is 6. The molecule has 10 amide bonds. The summed E-state index contributed by atoms with van der Waals surface area (Å²) in [6.07, 6.45) is -5.75. The van der Waals surface area contributed by atoms with Crippen LogP contribution in [0, 0.1) is 0 Å². The van der Waals surface area contributed by atoms with Crippen molar-refractivity contribution in [1.82, 2.24) is 53.2 Å². The van der Waals surface area contributed by atoms with Crippen molar-refractivity contribution in [2.75, 3.05) is 13.1 Å². The highest BCUT2D eigenvalue weighted by molar-refractivity contribution is 5.99. The molecule has 458 valence electrons. The van der Waals surface area contributed by atoms with Gasteiger partial charge in [-0.15, -0.1) is 0 Å². The number of aliphatic carboxylic acids is 6. The molecular weight excluding hydrogens is 1100 g/mol. The molecule has 82 heavy (non-hydrogen) atoms. The molecule has 0 bridgehead atoms. The predicted molar refractivity (Wildman–Crippen MR) is 276 cm³/mol. The van der Waals surface area contributed by atoms with Gasteiger partial charge in [0.25, 0.3) is 0 Å². The molecule has 0 saturated carbocycles. The number of carbonyl (C=O) groups is 16. The first-order chi connectivity index (χ1) is 38.6. The van der Waals surface area contributed by atoms with Crippen molar-refractivity contribution in [1.29, 1.82) is 0 Å². The molecular formula is C48H74N12O22. The molecule has 2 saturated heterocycles. The number of carbonyl (C=O) groups excluding carboxylic acids is 10. The van der Waals surface area contributed by atoms with Gasteiger partial charge in [-0.05, 0) is 90.1 Å². The largest absolute Gasteiger partial charge is 0.481 e.